The molecule has 0 spiro atoms. The van der Waals surface area contributed by atoms with E-state index in [0.717, 1.165) is 24.2 Å². The lowest BCUT2D eigenvalue weighted by Gasteiger charge is -2.30. The summed E-state index contributed by atoms with van der Waals surface area (Å²) in [6, 6.07) is 21.5. The maximum atomic E-state index is 13.3. The van der Waals surface area contributed by atoms with Crippen LogP contribution in [0.15, 0.2) is 77.4 Å². The van der Waals surface area contributed by atoms with Gasteiger partial charge >= 0.3 is 0 Å². The molecule has 0 saturated carbocycles. The maximum absolute atomic E-state index is 13.3. The molecule has 0 fully saturated rings. The molecule has 0 bridgehead atoms. The Morgan fingerprint density at radius 2 is 1.83 bits per heavy atom. The first-order valence-electron chi connectivity index (χ1n) is 10.3. The van der Waals surface area contributed by atoms with Gasteiger partial charge in [-0.3, -0.25) is 9.59 Å². The fraction of sp³-hybridized carbons (Fsp3) is 0.280. The lowest BCUT2D eigenvalue weighted by Crippen LogP contribution is -2.44. The molecule has 3 aromatic rings. The van der Waals surface area contributed by atoms with E-state index in [2.05, 4.69) is 19.1 Å². The molecule has 30 heavy (non-hydrogen) atoms. The molecule has 0 N–H and O–H groups in total. The van der Waals surface area contributed by atoms with Crippen molar-refractivity contribution in [1.82, 2.24) is 9.80 Å². The van der Waals surface area contributed by atoms with Crippen molar-refractivity contribution in [3.8, 4) is 0 Å². The van der Waals surface area contributed by atoms with E-state index in [1.54, 1.807) is 11.2 Å². The Morgan fingerprint density at radius 1 is 1.07 bits per heavy atom. The summed E-state index contributed by atoms with van der Waals surface area (Å²) in [5, 5.41) is 0. The normalized spacial score (nSPS) is 13.9. The third-order valence-corrected chi connectivity index (χ3v) is 5.67. The molecule has 1 aliphatic rings. The highest BCUT2D eigenvalue weighted by Crippen LogP contribution is 2.23. The van der Waals surface area contributed by atoms with E-state index >= 15 is 0 Å². The van der Waals surface area contributed by atoms with Crippen LogP contribution in [0.4, 0.5) is 0 Å². The number of benzene rings is 2. The van der Waals surface area contributed by atoms with E-state index in [0.29, 0.717) is 18.7 Å². The minimum Gasteiger partial charge on any atom is -0.467 e. The number of aryl methyl sites for hydroxylation is 1. The second-order valence-corrected chi connectivity index (χ2v) is 7.79. The molecule has 1 aliphatic heterocycles. The average molecular weight is 402 g/mol. The molecule has 0 radical (unpaired) electrons. The summed E-state index contributed by atoms with van der Waals surface area (Å²) in [4.78, 5) is 29.4. The van der Waals surface area contributed by atoms with Crippen LogP contribution in [0.1, 0.15) is 40.6 Å². The average Bonchev–Trinajstić information content (AvgIpc) is 3.39. The van der Waals surface area contributed by atoms with Gasteiger partial charge in [-0.1, -0.05) is 48.5 Å². The third-order valence-electron chi connectivity index (χ3n) is 5.67. The van der Waals surface area contributed by atoms with Gasteiger partial charge in [0.2, 0.25) is 5.91 Å². The van der Waals surface area contributed by atoms with E-state index in [-0.39, 0.29) is 24.4 Å². The van der Waals surface area contributed by atoms with Gasteiger partial charge in [0.1, 0.15) is 12.3 Å². The van der Waals surface area contributed by atoms with E-state index in [9.17, 15) is 9.59 Å². The fourth-order valence-electron chi connectivity index (χ4n) is 3.93. The molecule has 0 saturated heterocycles. The maximum Gasteiger partial charge on any atom is 0.254 e. The summed E-state index contributed by atoms with van der Waals surface area (Å²) in [6.07, 6.45) is 3.34. The molecular weight excluding hydrogens is 376 g/mol. The zero-order valence-corrected chi connectivity index (χ0v) is 17.2. The topological polar surface area (TPSA) is 53.8 Å². The molecule has 2 heterocycles. The van der Waals surface area contributed by atoms with E-state index < -0.39 is 0 Å². The van der Waals surface area contributed by atoms with E-state index in [4.69, 9.17) is 4.42 Å². The lowest BCUT2D eigenvalue weighted by atomic mass is 10.0. The Balaban J connectivity index is 1.45. The zero-order chi connectivity index (χ0) is 20.9. The Labute approximate surface area is 176 Å². The SMILES string of the molecule is C[C@H](CCc1ccccc1)N(Cc1ccco1)C(=O)CN1Cc2ccccc2C1=O. The van der Waals surface area contributed by atoms with Crippen molar-refractivity contribution in [2.75, 3.05) is 6.54 Å². The summed E-state index contributed by atoms with van der Waals surface area (Å²) in [5.41, 5.74) is 2.92. The zero-order valence-electron chi connectivity index (χ0n) is 17.2. The van der Waals surface area contributed by atoms with Gasteiger partial charge in [-0.15, -0.1) is 0 Å². The molecule has 0 aliphatic carbocycles. The second-order valence-electron chi connectivity index (χ2n) is 7.79. The monoisotopic (exact) mass is 402 g/mol. The Hall–Kier alpha value is -3.34. The van der Waals surface area contributed by atoms with Gasteiger partial charge in [0.15, 0.2) is 0 Å². The minimum absolute atomic E-state index is 0.0166. The number of hydrogen-bond acceptors (Lipinski definition) is 3. The number of nitrogens with zero attached hydrogens (tertiary/aromatic N) is 2. The van der Waals surface area contributed by atoms with Crippen LogP contribution in [0.2, 0.25) is 0 Å². The van der Waals surface area contributed by atoms with Gasteiger partial charge in [-0.2, -0.15) is 0 Å². The van der Waals surface area contributed by atoms with Crippen LogP contribution in [-0.4, -0.2) is 34.2 Å². The number of hydrogen-bond donors (Lipinski definition) is 0. The molecule has 1 aromatic heterocycles. The van der Waals surface area contributed by atoms with Gasteiger partial charge in [0.05, 0.1) is 12.8 Å². The molecule has 2 amide bonds. The largest absolute Gasteiger partial charge is 0.467 e. The first kappa shape index (κ1) is 20.0. The number of amides is 2. The first-order valence-corrected chi connectivity index (χ1v) is 10.3. The molecule has 2 aromatic carbocycles. The van der Waals surface area contributed by atoms with E-state index in [1.807, 2.05) is 59.5 Å². The summed E-state index contributed by atoms with van der Waals surface area (Å²) in [6.45, 7) is 3.01. The Morgan fingerprint density at radius 3 is 2.57 bits per heavy atom. The van der Waals surface area contributed by atoms with Gasteiger partial charge in [0, 0.05) is 18.2 Å². The fourth-order valence-corrected chi connectivity index (χ4v) is 3.93. The molecular formula is C25H26N2O3. The van der Waals surface area contributed by atoms with Crippen molar-refractivity contribution < 1.29 is 14.0 Å². The van der Waals surface area contributed by atoms with Crippen LogP contribution < -0.4 is 0 Å². The summed E-state index contributed by atoms with van der Waals surface area (Å²) >= 11 is 0. The van der Waals surface area contributed by atoms with Gasteiger partial charge < -0.3 is 14.2 Å². The number of rotatable bonds is 8. The number of carbonyl (C=O) groups excluding carboxylic acids is 2. The highest BCUT2D eigenvalue weighted by molar-refractivity contribution is 6.00. The number of fused-ring (bicyclic) bond motifs is 1. The van der Waals surface area contributed by atoms with Gasteiger partial charge in [-0.25, -0.2) is 0 Å². The molecule has 154 valence electrons. The third kappa shape index (κ3) is 4.46. The van der Waals surface area contributed by atoms with Crippen molar-refractivity contribution in [3.63, 3.8) is 0 Å². The number of furan rings is 1. The minimum atomic E-state index is -0.0752. The Kier molecular flexibility index (Phi) is 5.98. The summed E-state index contributed by atoms with van der Waals surface area (Å²) in [7, 11) is 0. The lowest BCUT2D eigenvalue weighted by molar-refractivity contribution is -0.135. The van der Waals surface area contributed by atoms with Crippen LogP contribution in [0.3, 0.4) is 0 Å². The molecule has 1 atom stereocenters. The Bertz CT molecular complexity index is 998. The number of carbonyl (C=O) groups is 2. The first-order chi connectivity index (χ1) is 14.6. The molecule has 5 nitrogen and oxygen atoms in total. The quantitative estimate of drug-likeness (QED) is 0.565. The van der Waals surface area contributed by atoms with Gasteiger partial charge in [-0.05, 0) is 49.1 Å². The highest BCUT2D eigenvalue weighted by atomic mass is 16.3. The predicted molar refractivity (Wildman–Crippen MR) is 115 cm³/mol. The van der Waals surface area contributed by atoms with Gasteiger partial charge in [0.25, 0.3) is 5.91 Å². The van der Waals surface area contributed by atoms with Crippen LogP contribution in [0.5, 0.6) is 0 Å². The van der Waals surface area contributed by atoms with Crippen molar-refractivity contribution in [2.45, 2.75) is 38.9 Å². The van der Waals surface area contributed by atoms with Crippen molar-refractivity contribution >= 4 is 11.8 Å². The summed E-state index contributed by atoms with van der Waals surface area (Å²) < 4.78 is 5.49. The highest BCUT2D eigenvalue weighted by Gasteiger charge is 2.31. The van der Waals surface area contributed by atoms with E-state index in [1.165, 1.54) is 5.56 Å². The second kappa shape index (κ2) is 8.99. The van der Waals surface area contributed by atoms with Crippen LogP contribution in [-0.2, 0) is 24.3 Å². The van der Waals surface area contributed by atoms with Crippen molar-refractivity contribution in [3.05, 3.63) is 95.4 Å². The molecule has 5 heteroatoms. The molecule has 0 unspecified atom stereocenters. The summed E-state index contributed by atoms with van der Waals surface area (Å²) in [5.74, 6) is 0.605. The molecule has 4 rings (SSSR count). The predicted octanol–water partition coefficient (Wildman–Crippen LogP) is 4.29. The smallest absolute Gasteiger partial charge is 0.254 e. The standard InChI is InChI=1S/C25H26N2O3/c1-19(13-14-20-8-3-2-4-9-20)27(17-22-11-7-15-30-22)24(28)18-26-16-21-10-5-6-12-23(21)25(26)29/h2-12,15,19H,13-14,16-18H2,1H3/t19-/m1/s1. The van der Waals surface area contributed by atoms with Crippen LogP contribution in [0, 0.1) is 0 Å². The van der Waals surface area contributed by atoms with Crippen LogP contribution in [0.25, 0.3) is 0 Å². The van der Waals surface area contributed by atoms with Crippen LogP contribution >= 0.6 is 0 Å². The van der Waals surface area contributed by atoms with Crippen molar-refractivity contribution in [1.29, 1.82) is 0 Å². The van der Waals surface area contributed by atoms with Crippen molar-refractivity contribution in [2.24, 2.45) is 0 Å².